The van der Waals surface area contributed by atoms with Crippen molar-refractivity contribution in [3.05, 3.63) is 46.8 Å². The summed E-state index contributed by atoms with van der Waals surface area (Å²) in [6.07, 6.45) is 16.0. The second kappa shape index (κ2) is 8.11. The van der Waals surface area contributed by atoms with Crippen LogP contribution in [0, 0.1) is 11.8 Å². The summed E-state index contributed by atoms with van der Waals surface area (Å²) >= 11 is 0. The van der Waals surface area contributed by atoms with E-state index in [1.165, 1.54) is 12.1 Å². The number of allylic oxidation sites excluding steroid dienone is 8. The first-order valence-corrected chi connectivity index (χ1v) is 12.2. The van der Waals surface area contributed by atoms with Gasteiger partial charge in [0.1, 0.15) is 0 Å². The van der Waals surface area contributed by atoms with E-state index in [1.807, 2.05) is 0 Å². The summed E-state index contributed by atoms with van der Waals surface area (Å²) in [5.41, 5.74) is 0. The van der Waals surface area contributed by atoms with Crippen molar-refractivity contribution in [2.24, 2.45) is 11.8 Å². The molecule has 0 saturated heterocycles. The minimum Gasteiger partial charge on any atom is -0.453 e. The van der Waals surface area contributed by atoms with E-state index in [4.69, 9.17) is 4.12 Å². The molecule has 0 aromatic carbocycles. The normalized spacial score (nSPS) is 20.3. The summed E-state index contributed by atoms with van der Waals surface area (Å²) in [4.78, 5) is 0. The Kier molecular flexibility index (Phi) is 6.46. The Bertz CT molecular complexity index is 416. The molecule has 0 saturated carbocycles. The molecule has 0 amide bonds. The van der Waals surface area contributed by atoms with Crippen LogP contribution in [0.25, 0.3) is 0 Å². The number of hydrogen-bond acceptors (Lipinski definition) is 1. The molecular formula is C18H30OSi2. The summed E-state index contributed by atoms with van der Waals surface area (Å²) in [5.74, 6) is 1.49. The minimum absolute atomic E-state index is 0.743. The van der Waals surface area contributed by atoms with E-state index < -0.39 is 18.1 Å². The molecule has 2 atom stereocenters. The standard InChI is InChI=1S/C18H30OSi2/c1-15(2)13-20(17-9-5-6-10-17)19-21(14-16(3)4)18-11-7-8-12-18/h5-9,11,15-16,20-21H,10,12-14H2,1-4H3. The van der Waals surface area contributed by atoms with Gasteiger partial charge in [0.15, 0.2) is 18.1 Å². The second-order valence-corrected chi connectivity index (χ2v) is 12.6. The molecule has 0 heterocycles. The van der Waals surface area contributed by atoms with Crippen LogP contribution in [0.15, 0.2) is 46.8 Å². The first-order chi connectivity index (χ1) is 10.1. The van der Waals surface area contributed by atoms with Crippen molar-refractivity contribution in [2.45, 2.75) is 52.6 Å². The largest absolute Gasteiger partial charge is 0.453 e. The van der Waals surface area contributed by atoms with E-state index in [1.54, 1.807) is 10.4 Å². The number of hydrogen-bond donors (Lipinski definition) is 0. The van der Waals surface area contributed by atoms with Gasteiger partial charge in [0.25, 0.3) is 0 Å². The molecule has 0 radical (unpaired) electrons. The van der Waals surface area contributed by atoms with Gasteiger partial charge in [0, 0.05) is 0 Å². The quantitative estimate of drug-likeness (QED) is 0.594. The topological polar surface area (TPSA) is 9.23 Å². The van der Waals surface area contributed by atoms with E-state index >= 15 is 0 Å². The highest BCUT2D eigenvalue weighted by Gasteiger charge is 2.27. The molecule has 0 aliphatic heterocycles. The van der Waals surface area contributed by atoms with Crippen molar-refractivity contribution in [1.29, 1.82) is 0 Å². The molecule has 0 spiro atoms. The highest BCUT2D eigenvalue weighted by Crippen LogP contribution is 2.27. The van der Waals surface area contributed by atoms with Gasteiger partial charge in [-0.2, -0.15) is 0 Å². The van der Waals surface area contributed by atoms with Gasteiger partial charge < -0.3 is 4.12 Å². The van der Waals surface area contributed by atoms with Gasteiger partial charge in [-0.15, -0.1) is 0 Å². The third kappa shape index (κ3) is 5.24. The average Bonchev–Trinajstić information content (AvgIpc) is 3.09. The average molecular weight is 319 g/mol. The number of rotatable bonds is 8. The smallest absolute Gasteiger partial charge is 0.192 e. The molecule has 116 valence electrons. The van der Waals surface area contributed by atoms with Crippen LogP contribution in [-0.2, 0) is 4.12 Å². The molecule has 0 bridgehead atoms. The van der Waals surface area contributed by atoms with E-state index in [2.05, 4.69) is 64.2 Å². The van der Waals surface area contributed by atoms with Crippen LogP contribution in [0.4, 0.5) is 0 Å². The maximum absolute atomic E-state index is 6.90. The molecule has 0 N–H and O–H groups in total. The lowest BCUT2D eigenvalue weighted by atomic mass is 10.3. The van der Waals surface area contributed by atoms with Crippen LogP contribution in [-0.4, -0.2) is 18.1 Å². The SMILES string of the molecule is CC(C)C[SiH](O[SiH](CC(C)C)C1=CC=CC1)C1=CC=CC1. The van der Waals surface area contributed by atoms with Crippen molar-refractivity contribution >= 4 is 18.1 Å². The fourth-order valence-corrected chi connectivity index (χ4v) is 10.7. The minimum atomic E-state index is -1.23. The van der Waals surface area contributed by atoms with Crippen molar-refractivity contribution in [1.82, 2.24) is 0 Å². The highest BCUT2D eigenvalue weighted by atomic mass is 28.4. The molecule has 0 fully saturated rings. The van der Waals surface area contributed by atoms with E-state index in [9.17, 15) is 0 Å². The Morgan fingerprint density at radius 1 is 0.857 bits per heavy atom. The van der Waals surface area contributed by atoms with Crippen LogP contribution < -0.4 is 0 Å². The Morgan fingerprint density at radius 3 is 1.57 bits per heavy atom. The molecule has 3 heteroatoms. The third-order valence-corrected chi connectivity index (χ3v) is 12.0. The lowest BCUT2D eigenvalue weighted by Crippen LogP contribution is -2.34. The van der Waals surface area contributed by atoms with Crippen LogP contribution in [0.5, 0.6) is 0 Å². The molecule has 2 aliphatic rings. The van der Waals surface area contributed by atoms with Crippen molar-refractivity contribution in [3.63, 3.8) is 0 Å². The Hall–Kier alpha value is -0.646. The van der Waals surface area contributed by atoms with Gasteiger partial charge in [-0.1, -0.05) is 74.5 Å². The van der Waals surface area contributed by atoms with E-state index in [-0.39, 0.29) is 0 Å². The van der Waals surface area contributed by atoms with Crippen LogP contribution in [0.1, 0.15) is 40.5 Å². The monoisotopic (exact) mass is 318 g/mol. The summed E-state index contributed by atoms with van der Waals surface area (Å²) < 4.78 is 6.90. The van der Waals surface area contributed by atoms with Gasteiger partial charge in [-0.25, -0.2) is 0 Å². The Balaban J connectivity index is 2.06. The molecule has 2 rings (SSSR count). The molecule has 2 aliphatic carbocycles. The zero-order valence-corrected chi connectivity index (χ0v) is 16.3. The molecule has 21 heavy (non-hydrogen) atoms. The predicted molar refractivity (Wildman–Crippen MR) is 98.4 cm³/mol. The maximum Gasteiger partial charge on any atom is 0.192 e. The highest BCUT2D eigenvalue weighted by molar-refractivity contribution is 6.74. The van der Waals surface area contributed by atoms with Gasteiger partial charge in [-0.3, -0.25) is 0 Å². The van der Waals surface area contributed by atoms with Crippen molar-refractivity contribution in [2.75, 3.05) is 0 Å². The Morgan fingerprint density at radius 2 is 1.29 bits per heavy atom. The van der Waals surface area contributed by atoms with Crippen LogP contribution in [0.2, 0.25) is 12.1 Å². The molecule has 0 aromatic rings. The summed E-state index contributed by atoms with van der Waals surface area (Å²) in [6.45, 7) is 9.34. The Labute approximate surface area is 133 Å². The third-order valence-electron chi connectivity index (χ3n) is 4.13. The summed E-state index contributed by atoms with van der Waals surface area (Å²) in [7, 11) is -2.45. The molecule has 2 unspecified atom stereocenters. The van der Waals surface area contributed by atoms with Crippen molar-refractivity contribution in [3.8, 4) is 0 Å². The van der Waals surface area contributed by atoms with Gasteiger partial charge in [-0.05, 0) is 36.8 Å². The van der Waals surface area contributed by atoms with Gasteiger partial charge in [0.05, 0.1) is 0 Å². The maximum atomic E-state index is 6.90. The first-order valence-electron chi connectivity index (χ1n) is 8.43. The predicted octanol–water partition coefficient (Wildman–Crippen LogP) is 4.61. The zero-order chi connectivity index (χ0) is 15.2. The van der Waals surface area contributed by atoms with E-state index in [0.717, 1.165) is 24.7 Å². The van der Waals surface area contributed by atoms with Gasteiger partial charge >= 0.3 is 0 Å². The molecule has 0 aromatic heterocycles. The fraction of sp³-hybridized carbons (Fsp3) is 0.556. The van der Waals surface area contributed by atoms with Crippen LogP contribution in [0.3, 0.4) is 0 Å². The molecular weight excluding hydrogens is 288 g/mol. The zero-order valence-electron chi connectivity index (χ0n) is 14.0. The van der Waals surface area contributed by atoms with Crippen LogP contribution >= 0.6 is 0 Å². The summed E-state index contributed by atoms with van der Waals surface area (Å²) in [5, 5.41) is 3.24. The van der Waals surface area contributed by atoms with Gasteiger partial charge in [0.2, 0.25) is 0 Å². The first kappa shape index (κ1) is 16.7. The lowest BCUT2D eigenvalue weighted by Gasteiger charge is -2.27. The van der Waals surface area contributed by atoms with E-state index in [0.29, 0.717) is 0 Å². The molecule has 1 nitrogen and oxygen atoms in total. The lowest BCUT2D eigenvalue weighted by molar-refractivity contribution is 0.550. The summed E-state index contributed by atoms with van der Waals surface area (Å²) in [6, 6.07) is 2.58. The van der Waals surface area contributed by atoms with Crippen molar-refractivity contribution < 1.29 is 4.12 Å². The fourth-order valence-electron chi connectivity index (χ4n) is 3.05. The second-order valence-electron chi connectivity index (χ2n) is 7.12.